The quantitative estimate of drug-likeness (QED) is 0.677. The van der Waals surface area contributed by atoms with E-state index in [1.165, 1.54) is 0 Å². The predicted molar refractivity (Wildman–Crippen MR) is 36.2 cm³/mol. The third-order valence-electron chi connectivity index (χ3n) is 2.01. The fourth-order valence-electron chi connectivity index (χ4n) is 1.25. The van der Waals surface area contributed by atoms with Crippen LogP contribution in [0.5, 0.6) is 0 Å². The molecule has 1 saturated carbocycles. The van der Waals surface area contributed by atoms with Crippen LogP contribution >= 0.6 is 0 Å². The molecule has 1 unspecified atom stereocenters. The van der Waals surface area contributed by atoms with Gasteiger partial charge in [0, 0.05) is 6.04 Å². The van der Waals surface area contributed by atoms with E-state index in [9.17, 15) is 13.2 Å². The van der Waals surface area contributed by atoms with Gasteiger partial charge >= 0.3 is 6.18 Å². The van der Waals surface area contributed by atoms with Crippen molar-refractivity contribution in [3.05, 3.63) is 0 Å². The van der Waals surface area contributed by atoms with Gasteiger partial charge in [-0.05, 0) is 25.8 Å². The summed E-state index contributed by atoms with van der Waals surface area (Å²) in [5.74, 6) is 0.265. The van der Waals surface area contributed by atoms with Crippen LogP contribution < -0.4 is 5.32 Å². The average Bonchev–Trinajstić information content (AvgIpc) is 2.61. The third kappa shape index (κ3) is 3.10. The molecule has 0 aromatic rings. The van der Waals surface area contributed by atoms with Crippen LogP contribution in [0, 0.1) is 5.92 Å². The van der Waals surface area contributed by atoms with Gasteiger partial charge in [0.25, 0.3) is 0 Å². The Kier molecular flexibility index (Phi) is 2.42. The van der Waals surface area contributed by atoms with Crippen molar-refractivity contribution in [2.45, 2.75) is 31.5 Å². The first kappa shape index (κ1) is 8.84. The van der Waals surface area contributed by atoms with Gasteiger partial charge in [-0.3, -0.25) is 0 Å². The van der Waals surface area contributed by atoms with E-state index in [1.54, 1.807) is 7.05 Å². The first-order chi connectivity index (χ1) is 5.03. The van der Waals surface area contributed by atoms with Gasteiger partial charge in [-0.2, -0.15) is 13.2 Å². The summed E-state index contributed by atoms with van der Waals surface area (Å²) in [6.45, 7) is 0. The Bertz CT molecular complexity index is 128. The Balaban J connectivity index is 2.31. The Hall–Kier alpha value is -0.250. The summed E-state index contributed by atoms with van der Waals surface area (Å²) in [5, 5.41) is 2.70. The van der Waals surface area contributed by atoms with E-state index in [1.807, 2.05) is 0 Å². The molecule has 0 aromatic carbocycles. The van der Waals surface area contributed by atoms with Crippen LogP contribution in [0.4, 0.5) is 13.2 Å². The van der Waals surface area contributed by atoms with Gasteiger partial charge in [0.05, 0.1) is 6.42 Å². The average molecular weight is 167 g/mol. The van der Waals surface area contributed by atoms with Crippen LogP contribution in [-0.4, -0.2) is 19.3 Å². The van der Waals surface area contributed by atoms with E-state index < -0.39 is 12.6 Å². The second-order valence-electron chi connectivity index (χ2n) is 3.05. The minimum absolute atomic E-state index is 0.265. The predicted octanol–water partition coefficient (Wildman–Crippen LogP) is 1.94. The van der Waals surface area contributed by atoms with Crippen LogP contribution in [0.3, 0.4) is 0 Å². The summed E-state index contributed by atoms with van der Waals surface area (Å²) in [5.41, 5.74) is 0. The number of halogens is 3. The van der Waals surface area contributed by atoms with E-state index in [4.69, 9.17) is 0 Å². The largest absolute Gasteiger partial charge is 0.390 e. The molecule has 0 bridgehead atoms. The highest BCUT2D eigenvalue weighted by Gasteiger charge is 2.38. The molecule has 1 fully saturated rings. The van der Waals surface area contributed by atoms with Crippen molar-refractivity contribution in [2.75, 3.05) is 7.05 Å². The Morgan fingerprint density at radius 3 is 2.27 bits per heavy atom. The second kappa shape index (κ2) is 3.01. The maximum Gasteiger partial charge on any atom is 0.390 e. The zero-order valence-electron chi connectivity index (χ0n) is 6.41. The van der Waals surface area contributed by atoms with Crippen molar-refractivity contribution in [1.29, 1.82) is 0 Å². The summed E-state index contributed by atoms with van der Waals surface area (Å²) in [4.78, 5) is 0. The highest BCUT2D eigenvalue weighted by molar-refractivity contribution is 4.86. The van der Waals surface area contributed by atoms with Gasteiger partial charge in [0.1, 0.15) is 0 Å². The summed E-state index contributed by atoms with van der Waals surface area (Å²) in [6.07, 6.45) is -2.81. The molecule has 1 aliphatic rings. The van der Waals surface area contributed by atoms with Crippen molar-refractivity contribution in [2.24, 2.45) is 5.92 Å². The van der Waals surface area contributed by atoms with Crippen LogP contribution in [0.1, 0.15) is 19.3 Å². The van der Waals surface area contributed by atoms with Crippen molar-refractivity contribution < 1.29 is 13.2 Å². The Labute approximate surface area is 64.0 Å². The first-order valence-electron chi connectivity index (χ1n) is 3.77. The number of alkyl halides is 3. The molecule has 0 heterocycles. The molecule has 1 nitrogen and oxygen atoms in total. The Morgan fingerprint density at radius 1 is 1.45 bits per heavy atom. The topological polar surface area (TPSA) is 12.0 Å². The van der Waals surface area contributed by atoms with E-state index >= 15 is 0 Å². The standard InChI is InChI=1S/C7H12F3N/c1-11-6(5-2-3-5)4-7(8,9)10/h5-6,11H,2-4H2,1H3. The fraction of sp³-hybridized carbons (Fsp3) is 1.00. The zero-order chi connectivity index (χ0) is 8.48. The fourth-order valence-corrected chi connectivity index (χ4v) is 1.25. The molecule has 0 saturated heterocycles. The summed E-state index contributed by atoms with van der Waals surface area (Å²) >= 11 is 0. The van der Waals surface area contributed by atoms with Crippen molar-refractivity contribution in [3.8, 4) is 0 Å². The van der Waals surface area contributed by atoms with E-state index in [0.717, 1.165) is 12.8 Å². The molecule has 4 heteroatoms. The molecule has 1 N–H and O–H groups in total. The molecule has 66 valence electrons. The van der Waals surface area contributed by atoms with Crippen LogP contribution in [0.2, 0.25) is 0 Å². The first-order valence-corrected chi connectivity index (χ1v) is 3.77. The highest BCUT2D eigenvalue weighted by Crippen LogP contribution is 2.37. The minimum atomic E-state index is -4.02. The van der Waals surface area contributed by atoms with Gasteiger partial charge in [0.15, 0.2) is 0 Å². The lowest BCUT2D eigenvalue weighted by atomic mass is 10.1. The summed E-state index contributed by atoms with van der Waals surface area (Å²) in [6, 6.07) is -0.352. The molecule has 1 aliphatic carbocycles. The van der Waals surface area contributed by atoms with Crippen LogP contribution in [0.25, 0.3) is 0 Å². The highest BCUT2D eigenvalue weighted by atomic mass is 19.4. The lowest BCUT2D eigenvalue weighted by molar-refractivity contribution is -0.140. The lowest BCUT2D eigenvalue weighted by Gasteiger charge is -2.16. The van der Waals surface area contributed by atoms with Crippen LogP contribution in [-0.2, 0) is 0 Å². The molecular weight excluding hydrogens is 155 g/mol. The normalized spacial score (nSPS) is 21.8. The van der Waals surface area contributed by atoms with Gasteiger partial charge in [-0.15, -0.1) is 0 Å². The summed E-state index contributed by atoms with van der Waals surface area (Å²) < 4.78 is 35.5. The molecule has 0 spiro atoms. The number of nitrogens with one attached hydrogen (secondary N) is 1. The number of hydrogen-bond acceptors (Lipinski definition) is 1. The number of hydrogen-bond donors (Lipinski definition) is 1. The molecular formula is C7H12F3N. The zero-order valence-corrected chi connectivity index (χ0v) is 6.41. The SMILES string of the molecule is CNC(CC(F)(F)F)C1CC1. The van der Waals surface area contributed by atoms with E-state index in [0.29, 0.717) is 0 Å². The second-order valence-corrected chi connectivity index (χ2v) is 3.05. The maximum atomic E-state index is 11.8. The van der Waals surface area contributed by atoms with Gasteiger partial charge in [0.2, 0.25) is 0 Å². The van der Waals surface area contributed by atoms with Crippen molar-refractivity contribution in [1.82, 2.24) is 5.32 Å². The minimum Gasteiger partial charge on any atom is -0.316 e. The van der Waals surface area contributed by atoms with E-state index in [2.05, 4.69) is 5.32 Å². The van der Waals surface area contributed by atoms with Crippen molar-refractivity contribution >= 4 is 0 Å². The monoisotopic (exact) mass is 167 g/mol. The van der Waals surface area contributed by atoms with Gasteiger partial charge in [-0.25, -0.2) is 0 Å². The Morgan fingerprint density at radius 2 is 2.00 bits per heavy atom. The van der Waals surface area contributed by atoms with Gasteiger partial charge in [-0.1, -0.05) is 0 Å². The molecule has 0 radical (unpaired) electrons. The van der Waals surface area contributed by atoms with Crippen molar-refractivity contribution in [3.63, 3.8) is 0 Å². The molecule has 0 amide bonds. The van der Waals surface area contributed by atoms with Crippen LogP contribution in [0.15, 0.2) is 0 Å². The maximum absolute atomic E-state index is 11.8. The lowest BCUT2D eigenvalue weighted by Crippen LogP contribution is -2.32. The third-order valence-corrected chi connectivity index (χ3v) is 2.01. The molecule has 1 rings (SSSR count). The van der Waals surface area contributed by atoms with E-state index in [-0.39, 0.29) is 12.0 Å². The molecule has 1 atom stereocenters. The smallest absolute Gasteiger partial charge is 0.316 e. The summed E-state index contributed by atoms with van der Waals surface area (Å²) in [7, 11) is 1.59. The molecule has 0 aliphatic heterocycles. The van der Waals surface area contributed by atoms with Gasteiger partial charge < -0.3 is 5.32 Å². The number of rotatable bonds is 3. The molecule has 11 heavy (non-hydrogen) atoms. The molecule has 0 aromatic heterocycles.